The Labute approximate surface area is 120 Å². The van der Waals surface area contributed by atoms with Crippen molar-refractivity contribution in [2.45, 2.75) is 26.3 Å². The maximum atomic E-state index is 4.53. The van der Waals surface area contributed by atoms with Gasteiger partial charge in [-0.1, -0.05) is 6.92 Å². The molecule has 4 heterocycles. The van der Waals surface area contributed by atoms with Gasteiger partial charge >= 0.3 is 0 Å². The molecule has 0 aliphatic carbocycles. The number of aryl methyl sites for hydroxylation is 1. The average Bonchev–Trinajstić information content (AvgIpc) is 3.11. The summed E-state index contributed by atoms with van der Waals surface area (Å²) in [6, 6.07) is 2.24. The number of H-pyrrole nitrogens is 1. The Bertz CT molecular complexity index is 760. The molecule has 1 aliphatic rings. The predicted molar refractivity (Wildman–Crippen MR) is 80.1 cm³/mol. The summed E-state index contributed by atoms with van der Waals surface area (Å²) in [6.07, 6.45) is 5.64. The number of hydrogen-bond donors (Lipinski definition) is 1. The average molecular weight is 285 g/mol. The monoisotopic (exact) mass is 285 g/mol. The molecule has 1 aliphatic heterocycles. The van der Waals surface area contributed by atoms with Crippen molar-refractivity contribution in [3.8, 4) is 0 Å². The quantitative estimate of drug-likeness (QED) is 0.786. The fourth-order valence-corrected chi connectivity index (χ4v) is 3.65. The Balaban J connectivity index is 1.77. The Hall–Kier alpha value is -1.95. The van der Waals surface area contributed by atoms with Gasteiger partial charge in [0.1, 0.15) is 17.0 Å². The fourth-order valence-electron chi connectivity index (χ4n) is 2.72. The molecule has 6 heteroatoms. The van der Waals surface area contributed by atoms with E-state index in [1.165, 1.54) is 21.5 Å². The zero-order valence-electron chi connectivity index (χ0n) is 11.3. The van der Waals surface area contributed by atoms with Gasteiger partial charge in [-0.25, -0.2) is 9.97 Å². The summed E-state index contributed by atoms with van der Waals surface area (Å²) >= 11 is 1.77. The van der Waals surface area contributed by atoms with E-state index in [2.05, 4.69) is 38.1 Å². The molecule has 1 N–H and O–H groups in total. The number of hydrogen-bond acceptors (Lipinski definition) is 5. The van der Waals surface area contributed by atoms with Crippen molar-refractivity contribution in [1.82, 2.24) is 20.2 Å². The van der Waals surface area contributed by atoms with Crippen molar-refractivity contribution < 1.29 is 0 Å². The molecule has 0 bridgehead atoms. The lowest BCUT2D eigenvalue weighted by molar-refractivity contribution is 0.713. The molecule has 102 valence electrons. The van der Waals surface area contributed by atoms with Crippen LogP contribution in [0.15, 0.2) is 18.6 Å². The van der Waals surface area contributed by atoms with Crippen LogP contribution in [0.2, 0.25) is 0 Å². The van der Waals surface area contributed by atoms with Gasteiger partial charge in [-0.05, 0) is 12.5 Å². The molecule has 0 radical (unpaired) electrons. The van der Waals surface area contributed by atoms with Gasteiger partial charge in [-0.15, -0.1) is 11.3 Å². The third kappa shape index (κ3) is 1.79. The number of rotatable bonds is 2. The Morgan fingerprint density at radius 1 is 1.40 bits per heavy atom. The Morgan fingerprint density at radius 2 is 2.35 bits per heavy atom. The van der Waals surface area contributed by atoms with Gasteiger partial charge in [-0.3, -0.25) is 5.10 Å². The molecule has 5 nitrogen and oxygen atoms in total. The van der Waals surface area contributed by atoms with E-state index >= 15 is 0 Å². The third-order valence-electron chi connectivity index (χ3n) is 3.81. The number of nitrogens with zero attached hydrogens (tertiary/aromatic N) is 4. The van der Waals surface area contributed by atoms with E-state index in [9.17, 15) is 0 Å². The van der Waals surface area contributed by atoms with Crippen LogP contribution in [-0.2, 0) is 19.4 Å². The summed E-state index contributed by atoms with van der Waals surface area (Å²) in [6.45, 7) is 4.02. The van der Waals surface area contributed by atoms with Gasteiger partial charge < -0.3 is 4.90 Å². The van der Waals surface area contributed by atoms with Gasteiger partial charge in [-0.2, -0.15) is 5.10 Å². The molecule has 0 amide bonds. The largest absolute Gasteiger partial charge is 0.351 e. The van der Waals surface area contributed by atoms with E-state index in [1.54, 1.807) is 17.7 Å². The fraction of sp³-hybridized carbons (Fsp3) is 0.357. The lowest BCUT2D eigenvalue weighted by Crippen LogP contribution is -2.30. The lowest BCUT2D eigenvalue weighted by atomic mass is 10.1. The van der Waals surface area contributed by atoms with Crippen LogP contribution in [0.25, 0.3) is 10.2 Å². The first-order valence-corrected chi connectivity index (χ1v) is 7.66. The van der Waals surface area contributed by atoms with Gasteiger partial charge in [0, 0.05) is 35.6 Å². The molecule has 0 saturated heterocycles. The first-order valence-electron chi connectivity index (χ1n) is 6.84. The van der Waals surface area contributed by atoms with E-state index < -0.39 is 0 Å². The van der Waals surface area contributed by atoms with Crippen molar-refractivity contribution in [3.05, 3.63) is 34.7 Å². The van der Waals surface area contributed by atoms with Gasteiger partial charge in [0.25, 0.3) is 0 Å². The molecule has 0 unspecified atom stereocenters. The molecule has 4 rings (SSSR count). The van der Waals surface area contributed by atoms with Crippen LogP contribution in [0.3, 0.4) is 0 Å². The summed E-state index contributed by atoms with van der Waals surface area (Å²) < 4.78 is 0. The number of aromatic nitrogens is 4. The van der Waals surface area contributed by atoms with Crippen LogP contribution in [0.4, 0.5) is 5.82 Å². The summed E-state index contributed by atoms with van der Waals surface area (Å²) in [7, 11) is 0. The number of thiophene rings is 1. The molecule has 0 fully saturated rings. The molecule has 0 aromatic carbocycles. The van der Waals surface area contributed by atoms with Crippen molar-refractivity contribution in [2.75, 3.05) is 11.4 Å². The zero-order valence-corrected chi connectivity index (χ0v) is 12.1. The van der Waals surface area contributed by atoms with Gasteiger partial charge in [0.05, 0.1) is 11.6 Å². The summed E-state index contributed by atoms with van der Waals surface area (Å²) in [5, 5.41) is 8.38. The van der Waals surface area contributed by atoms with Crippen LogP contribution in [0.1, 0.15) is 23.1 Å². The third-order valence-corrected chi connectivity index (χ3v) is 5.00. The zero-order chi connectivity index (χ0) is 13.5. The van der Waals surface area contributed by atoms with Crippen molar-refractivity contribution >= 4 is 27.4 Å². The van der Waals surface area contributed by atoms with E-state index in [0.29, 0.717) is 0 Å². The highest BCUT2D eigenvalue weighted by molar-refractivity contribution is 7.18. The number of aromatic amines is 1. The molecule has 20 heavy (non-hydrogen) atoms. The van der Waals surface area contributed by atoms with Gasteiger partial charge in [0.2, 0.25) is 0 Å². The predicted octanol–water partition coefficient (Wildman–Crippen LogP) is 2.54. The number of anilines is 1. The molecule has 3 aromatic heterocycles. The maximum absolute atomic E-state index is 4.53. The summed E-state index contributed by atoms with van der Waals surface area (Å²) in [4.78, 5) is 13.7. The van der Waals surface area contributed by atoms with Crippen molar-refractivity contribution in [1.29, 1.82) is 0 Å². The van der Waals surface area contributed by atoms with Crippen LogP contribution in [0, 0.1) is 0 Å². The van der Waals surface area contributed by atoms with Crippen LogP contribution < -0.4 is 4.90 Å². The lowest BCUT2D eigenvalue weighted by Gasteiger charge is -2.27. The van der Waals surface area contributed by atoms with E-state index in [-0.39, 0.29) is 0 Å². The molecule has 0 saturated carbocycles. The standard InChI is InChI=1S/C14H15N5S/c1-2-10-5-11-13(15-8-16-14(11)20-10)19-4-3-12-9(7-19)6-17-18-12/h5-6,8H,2-4,7H2,1H3,(H,17,18). The highest BCUT2D eigenvalue weighted by Gasteiger charge is 2.21. The van der Waals surface area contributed by atoms with E-state index in [4.69, 9.17) is 0 Å². The minimum absolute atomic E-state index is 0.870. The normalized spacial score (nSPS) is 14.8. The highest BCUT2D eigenvalue weighted by Crippen LogP contribution is 2.32. The number of nitrogens with one attached hydrogen (secondary N) is 1. The number of fused-ring (bicyclic) bond motifs is 2. The first-order chi connectivity index (χ1) is 9.85. The van der Waals surface area contributed by atoms with Crippen LogP contribution in [-0.4, -0.2) is 26.7 Å². The minimum Gasteiger partial charge on any atom is -0.351 e. The summed E-state index contributed by atoms with van der Waals surface area (Å²) in [5.74, 6) is 1.05. The molecule has 0 atom stereocenters. The second-order valence-electron chi connectivity index (χ2n) is 5.03. The topological polar surface area (TPSA) is 57.7 Å². The Morgan fingerprint density at radius 3 is 3.25 bits per heavy atom. The van der Waals surface area contributed by atoms with Crippen LogP contribution >= 0.6 is 11.3 Å². The molecular formula is C14H15N5S. The van der Waals surface area contributed by atoms with Crippen molar-refractivity contribution in [3.63, 3.8) is 0 Å². The van der Waals surface area contributed by atoms with E-state index in [1.807, 2.05) is 6.20 Å². The smallest absolute Gasteiger partial charge is 0.141 e. The maximum Gasteiger partial charge on any atom is 0.141 e. The second-order valence-corrected chi connectivity index (χ2v) is 6.14. The molecule has 3 aromatic rings. The minimum atomic E-state index is 0.870. The molecular weight excluding hydrogens is 270 g/mol. The SMILES string of the molecule is CCc1cc2c(N3CCc4[nH]ncc4C3)ncnc2s1. The molecule has 0 spiro atoms. The van der Waals surface area contributed by atoms with Crippen molar-refractivity contribution in [2.24, 2.45) is 0 Å². The second kappa shape index (κ2) is 4.56. The van der Waals surface area contributed by atoms with Gasteiger partial charge in [0.15, 0.2) is 0 Å². The van der Waals surface area contributed by atoms with Crippen LogP contribution in [0.5, 0.6) is 0 Å². The van der Waals surface area contributed by atoms with E-state index in [0.717, 1.165) is 36.6 Å². The Kier molecular flexibility index (Phi) is 2.70. The summed E-state index contributed by atoms with van der Waals surface area (Å²) in [5.41, 5.74) is 2.53. The first kappa shape index (κ1) is 11.8. The highest BCUT2D eigenvalue weighted by atomic mass is 32.1.